The molecule has 7 heterocycles. The van der Waals surface area contributed by atoms with Crippen molar-refractivity contribution in [3.8, 4) is 0 Å². The zero-order valence-corrected chi connectivity index (χ0v) is 32.8. The van der Waals surface area contributed by atoms with Gasteiger partial charge in [-0.3, -0.25) is 34.7 Å². The molecule has 57 heavy (non-hydrogen) atoms. The van der Waals surface area contributed by atoms with Crippen molar-refractivity contribution < 1.29 is 28.7 Å². The minimum absolute atomic E-state index is 0.00393. The first-order valence-corrected chi connectivity index (χ1v) is 19.3. The topological polar surface area (TPSA) is 201 Å². The number of halogens is 1. The molecule has 2 aliphatic carbocycles. The van der Waals surface area contributed by atoms with Crippen LogP contribution in [0.2, 0.25) is 5.15 Å². The number of piperazine rings is 1. The van der Waals surface area contributed by atoms with E-state index in [0.29, 0.717) is 39.9 Å². The van der Waals surface area contributed by atoms with Crippen LogP contribution in [-0.4, -0.2) is 115 Å². The number of anilines is 3. The lowest BCUT2D eigenvalue weighted by atomic mass is 10.1. The molecule has 0 atom stereocenters. The molecule has 3 N–H and O–H groups in total. The summed E-state index contributed by atoms with van der Waals surface area (Å²) in [5, 5.41) is 17.1. The Labute approximate surface area is 332 Å². The number of aromatic nitrogens is 6. The monoisotopic (exact) mass is 798 g/mol. The van der Waals surface area contributed by atoms with E-state index >= 15 is 0 Å². The van der Waals surface area contributed by atoms with Crippen molar-refractivity contribution in [3.63, 3.8) is 0 Å². The van der Waals surface area contributed by atoms with Crippen LogP contribution in [0.3, 0.4) is 0 Å². The molecule has 19 heteroatoms. The van der Waals surface area contributed by atoms with Gasteiger partial charge in [-0.25, -0.2) is 14.8 Å². The fourth-order valence-corrected chi connectivity index (χ4v) is 6.88. The van der Waals surface area contributed by atoms with Crippen molar-refractivity contribution in [1.82, 2.24) is 44.7 Å². The summed E-state index contributed by atoms with van der Waals surface area (Å²) in [6.07, 6.45) is 10.1. The summed E-state index contributed by atoms with van der Waals surface area (Å²) in [4.78, 5) is 74.9. The maximum atomic E-state index is 12.9. The number of imide groups is 2. The third-order valence-electron chi connectivity index (χ3n) is 9.89. The van der Waals surface area contributed by atoms with Gasteiger partial charge in [-0.2, -0.15) is 19.2 Å². The second-order valence-corrected chi connectivity index (χ2v) is 16.2. The van der Waals surface area contributed by atoms with E-state index in [-0.39, 0.29) is 41.8 Å². The highest BCUT2D eigenvalue weighted by Gasteiger charge is 2.38. The van der Waals surface area contributed by atoms with Gasteiger partial charge >= 0.3 is 6.09 Å². The van der Waals surface area contributed by atoms with Crippen LogP contribution in [0.5, 0.6) is 0 Å². The van der Waals surface area contributed by atoms with E-state index < -0.39 is 17.6 Å². The summed E-state index contributed by atoms with van der Waals surface area (Å²) in [7, 11) is 2.13. The number of likely N-dealkylation sites (N-methyl/N-ethyl adjacent to an activating group) is 1. The number of fused-ring (bicyclic) bond motifs is 2. The molecule has 4 aromatic rings. The van der Waals surface area contributed by atoms with Crippen LogP contribution in [0.25, 0.3) is 23.4 Å². The van der Waals surface area contributed by atoms with E-state index in [9.17, 15) is 24.0 Å². The van der Waals surface area contributed by atoms with Gasteiger partial charge in [-0.15, -0.1) is 0 Å². The minimum atomic E-state index is -0.651. The predicted octanol–water partition coefficient (Wildman–Crippen LogP) is 3.20. The molecule has 3 aliphatic heterocycles. The van der Waals surface area contributed by atoms with Crippen molar-refractivity contribution in [2.24, 2.45) is 0 Å². The summed E-state index contributed by atoms with van der Waals surface area (Å²) in [5.41, 5.74) is 2.45. The quantitative estimate of drug-likeness (QED) is 0.140. The number of carbonyl (C=O) groups is 5. The Morgan fingerprint density at radius 3 is 1.96 bits per heavy atom. The number of nitrogens with zero attached hydrogens (tertiary/aromatic N) is 9. The van der Waals surface area contributed by atoms with E-state index in [2.05, 4.69) is 54.0 Å². The van der Waals surface area contributed by atoms with E-state index in [1.807, 2.05) is 0 Å². The van der Waals surface area contributed by atoms with E-state index in [1.165, 1.54) is 10.7 Å². The van der Waals surface area contributed by atoms with Crippen molar-refractivity contribution in [1.29, 1.82) is 0 Å². The molecule has 0 unspecified atom stereocenters. The number of rotatable bonds is 7. The molecular formula is C38H43ClN12O6. The summed E-state index contributed by atoms with van der Waals surface area (Å²) >= 11 is 6.24. The second-order valence-electron chi connectivity index (χ2n) is 15.8. The molecule has 298 valence electrons. The number of nitrogens with one attached hydrogen (secondary N) is 3. The molecule has 3 saturated heterocycles. The molecule has 5 aliphatic rings. The fraction of sp³-hybridized carbons (Fsp3) is 0.447. The zero-order chi connectivity index (χ0) is 40.2. The van der Waals surface area contributed by atoms with E-state index in [1.54, 1.807) is 54.6 Å². The van der Waals surface area contributed by atoms with Crippen LogP contribution < -0.4 is 25.8 Å². The first-order chi connectivity index (χ1) is 27.2. The van der Waals surface area contributed by atoms with Crippen LogP contribution in [0, 0.1) is 0 Å². The van der Waals surface area contributed by atoms with Gasteiger partial charge in [0, 0.05) is 72.7 Å². The van der Waals surface area contributed by atoms with Gasteiger partial charge in [0.1, 0.15) is 28.2 Å². The highest BCUT2D eigenvalue weighted by molar-refractivity contribution is 6.30. The summed E-state index contributed by atoms with van der Waals surface area (Å²) in [6, 6.07) is 4.10. The summed E-state index contributed by atoms with van der Waals surface area (Å²) in [5.74, 6) is 0.868. The Morgan fingerprint density at radius 2 is 1.44 bits per heavy atom. The zero-order valence-electron chi connectivity index (χ0n) is 32.0. The van der Waals surface area contributed by atoms with Gasteiger partial charge in [0.2, 0.25) is 11.8 Å². The molecule has 0 aromatic carbocycles. The minimum Gasteiger partial charge on any atom is -0.443 e. The Hall–Kier alpha value is -5.88. The largest absolute Gasteiger partial charge is 0.443 e. The van der Waals surface area contributed by atoms with E-state index in [0.717, 1.165) is 69.1 Å². The molecule has 0 bridgehead atoms. The number of amides is 5. The number of ether oxygens (including phenoxy) is 1. The molecule has 5 fully saturated rings. The molecule has 5 amide bonds. The second kappa shape index (κ2) is 14.9. The van der Waals surface area contributed by atoms with Crippen molar-refractivity contribution >= 4 is 82.2 Å². The van der Waals surface area contributed by atoms with Gasteiger partial charge in [0.15, 0.2) is 11.3 Å². The van der Waals surface area contributed by atoms with Crippen molar-refractivity contribution in [3.05, 3.63) is 52.0 Å². The van der Waals surface area contributed by atoms with Crippen LogP contribution in [-0.2, 0) is 23.9 Å². The van der Waals surface area contributed by atoms with Gasteiger partial charge in [-0.1, -0.05) is 11.6 Å². The molecule has 0 spiro atoms. The Morgan fingerprint density at radius 1 is 0.860 bits per heavy atom. The maximum absolute atomic E-state index is 12.9. The first kappa shape index (κ1) is 38.0. The number of carbonyl (C=O) groups excluding carboxylic acids is 5. The average molecular weight is 799 g/mol. The van der Waals surface area contributed by atoms with Gasteiger partial charge in [0.25, 0.3) is 11.8 Å². The lowest BCUT2D eigenvalue weighted by Gasteiger charge is -2.33. The normalized spacial score (nSPS) is 20.3. The predicted molar refractivity (Wildman–Crippen MR) is 211 cm³/mol. The van der Waals surface area contributed by atoms with Crippen LogP contribution in [0.15, 0.2) is 35.7 Å². The fourth-order valence-electron chi connectivity index (χ4n) is 6.71. The highest BCUT2D eigenvalue weighted by atomic mass is 35.5. The Balaban J connectivity index is 0.000000160. The van der Waals surface area contributed by atoms with Gasteiger partial charge in [0.05, 0.1) is 25.2 Å². The average Bonchev–Trinajstić information content (AvgIpc) is 4.01. The molecule has 18 nitrogen and oxygen atoms in total. The van der Waals surface area contributed by atoms with Crippen LogP contribution >= 0.6 is 11.6 Å². The first-order valence-electron chi connectivity index (χ1n) is 18.9. The van der Waals surface area contributed by atoms with E-state index in [4.69, 9.17) is 21.3 Å². The van der Waals surface area contributed by atoms with Crippen LogP contribution in [0.1, 0.15) is 70.4 Å². The van der Waals surface area contributed by atoms with Crippen molar-refractivity contribution in [2.75, 3.05) is 48.3 Å². The molecule has 9 rings (SSSR count). The highest BCUT2D eigenvalue weighted by Crippen LogP contribution is 2.35. The Bertz CT molecular complexity index is 2380. The standard InChI is InChI=1S/C19H20ClN5O4.C19H23N7O2/c1-19(2,3)29-18(28)24(12-4-5-12)15-8-13(20)22-16-11(9-21-25(15)16)6-10-7-14(26)23-17(10)27;1-24-4-6-25(7-5-24)15-10-16(21-14-2-3-14)26-18(22-15)13(11-20-26)8-12-9-17(27)23-19(12)28/h6,8-9,12H,4-5,7H2,1-3H3,(H,23,26,27);8,10-11,14,21H,2-7,9H2,1H3,(H,23,27,28)/b10-6+;12-8+. The smallest absolute Gasteiger partial charge is 0.416 e. The third-order valence-corrected chi connectivity index (χ3v) is 10.1. The third kappa shape index (κ3) is 8.46. The number of hydrogen-bond donors (Lipinski definition) is 3. The number of hydrogen-bond acceptors (Lipinski definition) is 13. The lowest BCUT2D eigenvalue weighted by Crippen LogP contribution is -2.44. The maximum Gasteiger partial charge on any atom is 0.416 e. The SMILES string of the molecule is CC(C)(C)OC(=O)N(c1cc(Cl)nc2c(/C=C3\CC(=O)NC3=O)cnn12)C1CC1.CN1CCN(c2cc(NC3CC3)n3ncc(/C=C4\CC(=O)NC4=O)c3n2)CC1. The van der Waals surface area contributed by atoms with Crippen molar-refractivity contribution in [2.45, 2.75) is 77.0 Å². The Kier molecular flexibility index (Phi) is 9.93. The lowest BCUT2D eigenvalue weighted by molar-refractivity contribution is -0.125. The van der Waals surface area contributed by atoms with Gasteiger partial charge in [-0.05, 0) is 65.7 Å². The van der Waals surface area contributed by atoms with Gasteiger partial charge < -0.3 is 19.9 Å². The summed E-state index contributed by atoms with van der Waals surface area (Å²) in [6.45, 7) is 9.24. The molecule has 2 saturated carbocycles. The summed E-state index contributed by atoms with van der Waals surface area (Å²) < 4.78 is 8.85. The van der Waals surface area contributed by atoms with Crippen LogP contribution in [0.4, 0.5) is 22.2 Å². The molecule has 0 radical (unpaired) electrons. The molecule has 4 aromatic heterocycles. The molecular weight excluding hydrogens is 756 g/mol.